The predicted molar refractivity (Wildman–Crippen MR) is 55.9 cm³/mol. The lowest BCUT2D eigenvalue weighted by Crippen LogP contribution is -2.01. The number of hydrogen-bond acceptors (Lipinski definition) is 6. The topological polar surface area (TPSA) is 112 Å². The summed E-state index contributed by atoms with van der Waals surface area (Å²) in [6, 6.07) is 2.43. The molecule has 0 atom stereocenters. The number of anilines is 1. The fraction of sp³-hybridized carbons (Fsp3) is 0.143. The molecule has 0 radical (unpaired) electrons. The van der Waals surface area contributed by atoms with Crippen LogP contribution in [0.15, 0.2) is 17.0 Å². The highest BCUT2D eigenvalue weighted by Crippen LogP contribution is 2.35. The van der Waals surface area contributed by atoms with Crippen molar-refractivity contribution in [3.8, 4) is 0 Å². The minimum absolute atomic E-state index is 0.414. The number of rotatable bonds is 3. The van der Waals surface area contributed by atoms with Crippen molar-refractivity contribution in [2.45, 2.75) is 4.90 Å². The maximum atomic E-state index is 10.6. The molecule has 0 bridgehead atoms. The van der Waals surface area contributed by atoms with Gasteiger partial charge in [0.2, 0.25) is 0 Å². The molecule has 0 unspecified atom stereocenters. The van der Waals surface area contributed by atoms with E-state index in [-0.39, 0.29) is 0 Å². The largest absolute Gasteiger partial charge is 0.387 e. The van der Waals surface area contributed by atoms with Crippen molar-refractivity contribution in [3.05, 3.63) is 32.4 Å². The van der Waals surface area contributed by atoms with Crippen LogP contribution >= 0.6 is 11.8 Å². The third kappa shape index (κ3) is 2.15. The molecular weight excluding hydrogens is 222 g/mol. The molecule has 8 heteroatoms. The van der Waals surface area contributed by atoms with Crippen LogP contribution in [0.5, 0.6) is 0 Å². The number of benzene rings is 1. The Morgan fingerprint density at radius 2 is 1.60 bits per heavy atom. The van der Waals surface area contributed by atoms with Gasteiger partial charge in [0.15, 0.2) is 5.69 Å². The minimum atomic E-state index is -0.734. The molecule has 0 saturated carbocycles. The van der Waals surface area contributed by atoms with Crippen molar-refractivity contribution in [3.63, 3.8) is 0 Å². The van der Waals surface area contributed by atoms with Crippen LogP contribution in [0.2, 0.25) is 0 Å². The first kappa shape index (κ1) is 11.2. The summed E-state index contributed by atoms with van der Waals surface area (Å²) < 4.78 is 0. The van der Waals surface area contributed by atoms with Gasteiger partial charge in [-0.25, -0.2) is 0 Å². The molecule has 2 N–H and O–H groups in total. The zero-order valence-corrected chi connectivity index (χ0v) is 8.48. The highest BCUT2D eigenvalue weighted by atomic mass is 32.2. The Bertz CT molecular complexity index is 399. The SMILES string of the molecule is CSc1cc([N+](=O)[O-])c(N)c([N+](=O)[O-])c1. The summed E-state index contributed by atoms with van der Waals surface area (Å²) in [6.45, 7) is 0. The van der Waals surface area contributed by atoms with Crippen LogP contribution in [0, 0.1) is 20.2 Å². The Balaban J connectivity index is 3.47. The van der Waals surface area contributed by atoms with E-state index in [1.165, 1.54) is 23.9 Å². The van der Waals surface area contributed by atoms with Crippen LogP contribution < -0.4 is 5.73 Å². The van der Waals surface area contributed by atoms with Gasteiger partial charge < -0.3 is 5.73 Å². The van der Waals surface area contributed by atoms with Gasteiger partial charge in [0.25, 0.3) is 11.4 Å². The number of nitrogens with two attached hydrogens (primary N) is 1. The molecule has 0 aliphatic heterocycles. The Labute approximate surface area is 88.6 Å². The Hall–Kier alpha value is -1.83. The van der Waals surface area contributed by atoms with E-state index < -0.39 is 26.9 Å². The van der Waals surface area contributed by atoms with Gasteiger partial charge in [0, 0.05) is 17.0 Å². The maximum absolute atomic E-state index is 10.6. The van der Waals surface area contributed by atoms with Crippen LogP contribution in [0.4, 0.5) is 17.1 Å². The van der Waals surface area contributed by atoms with E-state index in [4.69, 9.17) is 5.73 Å². The van der Waals surface area contributed by atoms with Gasteiger partial charge in [0.1, 0.15) is 0 Å². The molecule has 15 heavy (non-hydrogen) atoms. The second kappa shape index (κ2) is 4.13. The molecule has 0 saturated heterocycles. The maximum Gasteiger partial charge on any atom is 0.300 e. The minimum Gasteiger partial charge on any atom is -0.387 e. The zero-order valence-electron chi connectivity index (χ0n) is 7.67. The molecular formula is C7H7N3O4S. The van der Waals surface area contributed by atoms with E-state index >= 15 is 0 Å². The second-order valence-corrected chi connectivity index (χ2v) is 3.47. The lowest BCUT2D eigenvalue weighted by atomic mass is 10.2. The van der Waals surface area contributed by atoms with E-state index in [0.29, 0.717) is 4.90 Å². The zero-order chi connectivity index (χ0) is 11.6. The molecule has 0 aliphatic carbocycles. The quantitative estimate of drug-likeness (QED) is 0.366. The fourth-order valence-electron chi connectivity index (χ4n) is 1.02. The normalized spacial score (nSPS) is 9.93. The third-order valence-electron chi connectivity index (χ3n) is 1.74. The van der Waals surface area contributed by atoms with Crippen LogP contribution in [0.25, 0.3) is 0 Å². The highest BCUT2D eigenvalue weighted by molar-refractivity contribution is 7.98. The molecule has 7 nitrogen and oxygen atoms in total. The first-order valence-electron chi connectivity index (χ1n) is 3.73. The van der Waals surface area contributed by atoms with Crippen molar-refractivity contribution < 1.29 is 9.85 Å². The summed E-state index contributed by atoms with van der Waals surface area (Å²) in [5.41, 5.74) is 4.03. The molecule has 0 spiro atoms. The van der Waals surface area contributed by atoms with Crippen LogP contribution in [0.3, 0.4) is 0 Å². The van der Waals surface area contributed by atoms with Crippen molar-refractivity contribution in [1.82, 2.24) is 0 Å². The van der Waals surface area contributed by atoms with Crippen LogP contribution in [-0.2, 0) is 0 Å². The molecule has 80 valence electrons. The summed E-state index contributed by atoms with van der Waals surface area (Å²) in [5.74, 6) is 0. The summed E-state index contributed by atoms with van der Waals surface area (Å²) in [4.78, 5) is 20.1. The van der Waals surface area contributed by atoms with Gasteiger partial charge in [-0.2, -0.15) is 0 Å². The van der Waals surface area contributed by atoms with Crippen molar-refractivity contribution in [2.75, 3.05) is 12.0 Å². The Morgan fingerprint density at radius 3 is 1.87 bits per heavy atom. The Morgan fingerprint density at radius 1 is 1.20 bits per heavy atom. The van der Waals surface area contributed by atoms with Gasteiger partial charge in [-0.3, -0.25) is 20.2 Å². The third-order valence-corrected chi connectivity index (χ3v) is 2.45. The molecule has 0 amide bonds. The van der Waals surface area contributed by atoms with Crippen LogP contribution in [0.1, 0.15) is 0 Å². The summed E-state index contributed by atoms with van der Waals surface area (Å²) in [5, 5.41) is 21.1. The molecule has 1 aromatic rings. The molecule has 0 aliphatic rings. The highest BCUT2D eigenvalue weighted by Gasteiger charge is 2.23. The number of nitrogens with zero attached hydrogens (tertiary/aromatic N) is 2. The van der Waals surface area contributed by atoms with E-state index in [2.05, 4.69) is 0 Å². The monoisotopic (exact) mass is 229 g/mol. The number of thioether (sulfide) groups is 1. The standard InChI is InChI=1S/C7H7N3O4S/c1-15-4-2-5(9(11)12)7(8)6(3-4)10(13)14/h2-3H,8H2,1H3. The van der Waals surface area contributed by atoms with E-state index in [9.17, 15) is 20.2 Å². The molecule has 0 heterocycles. The summed E-state index contributed by atoms with van der Waals surface area (Å²) >= 11 is 1.18. The smallest absolute Gasteiger partial charge is 0.300 e. The fourth-order valence-corrected chi connectivity index (χ4v) is 1.48. The van der Waals surface area contributed by atoms with Gasteiger partial charge >= 0.3 is 0 Å². The molecule has 1 aromatic carbocycles. The van der Waals surface area contributed by atoms with Gasteiger partial charge in [-0.15, -0.1) is 11.8 Å². The van der Waals surface area contributed by atoms with Crippen LogP contribution in [-0.4, -0.2) is 16.1 Å². The van der Waals surface area contributed by atoms with Gasteiger partial charge in [-0.1, -0.05) is 0 Å². The van der Waals surface area contributed by atoms with E-state index in [1.807, 2.05) is 0 Å². The first-order chi connectivity index (χ1) is 6.97. The molecule has 0 fully saturated rings. The van der Waals surface area contributed by atoms with E-state index in [0.717, 1.165) is 0 Å². The summed E-state index contributed by atoms with van der Waals surface area (Å²) in [7, 11) is 0. The lowest BCUT2D eigenvalue weighted by Gasteiger charge is -2.01. The van der Waals surface area contributed by atoms with Crippen molar-refractivity contribution in [1.29, 1.82) is 0 Å². The van der Waals surface area contributed by atoms with Gasteiger partial charge in [-0.05, 0) is 6.26 Å². The second-order valence-electron chi connectivity index (χ2n) is 2.59. The lowest BCUT2D eigenvalue weighted by molar-refractivity contribution is -0.392. The number of nitro benzene ring substituents is 2. The number of nitro groups is 2. The Kier molecular flexibility index (Phi) is 3.10. The molecule has 1 rings (SSSR count). The van der Waals surface area contributed by atoms with Crippen molar-refractivity contribution >= 4 is 28.8 Å². The van der Waals surface area contributed by atoms with E-state index in [1.54, 1.807) is 6.26 Å². The number of hydrogen-bond donors (Lipinski definition) is 1. The molecule has 0 aromatic heterocycles. The average Bonchev–Trinajstić information content (AvgIpc) is 2.17. The average molecular weight is 229 g/mol. The van der Waals surface area contributed by atoms with Crippen molar-refractivity contribution in [2.24, 2.45) is 0 Å². The number of nitrogen functional groups attached to an aromatic ring is 1. The predicted octanol–water partition coefficient (Wildman–Crippen LogP) is 1.81. The first-order valence-corrected chi connectivity index (χ1v) is 4.96. The summed E-state index contributed by atoms with van der Waals surface area (Å²) in [6.07, 6.45) is 1.67. The van der Waals surface area contributed by atoms with Gasteiger partial charge in [0.05, 0.1) is 9.85 Å².